The van der Waals surface area contributed by atoms with Crippen LogP contribution in [0.5, 0.6) is 0 Å². The third-order valence-corrected chi connectivity index (χ3v) is 4.58. The number of carbonyl (C=O) groups is 1. The number of allylic oxidation sites excluding steroid dienone is 4. The highest BCUT2D eigenvalue weighted by Crippen LogP contribution is 2.43. The van der Waals surface area contributed by atoms with Crippen molar-refractivity contribution in [3.63, 3.8) is 0 Å². The smallest absolute Gasteiger partial charge is 0.338 e. The maximum absolute atomic E-state index is 11.3. The maximum atomic E-state index is 11.3. The molecular formula is C17H24O4S. The molecule has 5 heteroatoms. The molecule has 0 spiro atoms. The van der Waals surface area contributed by atoms with Crippen LogP contribution in [-0.2, 0) is 14.3 Å². The summed E-state index contributed by atoms with van der Waals surface area (Å²) in [5.41, 5.74) is -0.892. The van der Waals surface area contributed by atoms with Crippen molar-refractivity contribution in [3.05, 3.63) is 24.0 Å². The predicted molar refractivity (Wildman–Crippen MR) is 89.0 cm³/mol. The predicted octanol–water partition coefficient (Wildman–Crippen LogP) is 3.80. The molecule has 2 aliphatic rings. The highest BCUT2D eigenvalue weighted by molar-refractivity contribution is 7.80. The van der Waals surface area contributed by atoms with Crippen molar-refractivity contribution < 1.29 is 19.4 Å². The monoisotopic (exact) mass is 324 g/mol. The summed E-state index contributed by atoms with van der Waals surface area (Å²) in [7, 11) is 0. The van der Waals surface area contributed by atoms with E-state index in [1.54, 1.807) is 0 Å². The summed E-state index contributed by atoms with van der Waals surface area (Å²) in [6.07, 6.45) is 11.9. The normalized spacial score (nSPS) is 26.7. The van der Waals surface area contributed by atoms with Crippen LogP contribution in [0, 0.1) is 0 Å². The lowest BCUT2D eigenvalue weighted by Gasteiger charge is -2.12. The Morgan fingerprint density at radius 1 is 1.45 bits per heavy atom. The van der Waals surface area contributed by atoms with Crippen molar-refractivity contribution in [3.8, 4) is 0 Å². The van der Waals surface area contributed by atoms with E-state index in [9.17, 15) is 9.90 Å². The minimum atomic E-state index is -0.892. The van der Waals surface area contributed by atoms with E-state index in [-0.39, 0.29) is 6.10 Å². The van der Waals surface area contributed by atoms with Crippen LogP contribution in [-0.4, -0.2) is 34.3 Å². The molecule has 4 nitrogen and oxygen atoms in total. The van der Waals surface area contributed by atoms with Gasteiger partial charge in [-0.3, -0.25) is 0 Å². The van der Waals surface area contributed by atoms with E-state index in [0.29, 0.717) is 13.0 Å². The molecule has 22 heavy (non-hydrogen) atoms. The van der Waals surface area contributed by atoms with Gasteiger partial charge < -0.3 is 14.6 Å². The number of hydrogen-bond acceptors (Lipinski definition) is 4. The first-order valence-corrected chi connectivity index (χ1v) is 8.45. The van der Waals surface area contributed by atoms with Crippen LogP contribution in [0.15, 0.2) is 24.0 Å². The summed E-state index contributed by atoms with van der Waals surface area (Å²) in [5.74, 6) is 0.00739. The van der Waals surface area contributed by atoms with Gasteiger partial charge in [-0.2, -0.15) is 0 Å². The van der Waals surface area contributed by atoms with Gasteiger partial charge >= 0.3 is 5.97 Å². The first-order chi connectivity index (χ1) is 10.6. The highest BCUT2D eigenvalue weighted by atomic mass is 32.1. The third kappa shape index (κ3) is 4.17. The van der Waals surface area contributed by atoms with Crippen molar-refractivity contribution >= 4 is 23.1 Å². The van der Waals surface area contributed by atoms with E-state index in [4.69, 9.17) is 21.7 Å². The third-order valence-electron chi connectivity index (χ3n) is 4.21. The maximum Gasteiger partial charge on any atom is 0.338 e. The molecule has 1 aliphatic heterocycles. The molecule has 1 heterocycles. The minimum Gasteiger partial charge on any atom is -0.492 e. The Balaban J connectivity index is 1.55. The lowest BCUT2D eigenvalue weighted by atomic mass is 9.96. The Bertz CT molecular complexity index is 483. The number of carboxylic acids is 1. The summed E-state index contributed by atoms with van der Waals surface area (Å²) >= 11 is 5.23. The molecule has 0 bridgehead atoms. The Morgan fingerprint density at radius 2 is 2.23 bits per heavy atom. The second-order valence-corrected chi connectivity index (χ2v) is 6.30. The fourth-order valence-corrected chi connectivity index (χ4v) is 3.05. The number of hydrogen-bond donors (Lipinski definition) is 1. The number of rotatable bonds is 10. The molecule has 2 atom stereocenters. The molecule has 0 aromatic heterocycles. The summed E-state index contributed by atoms with van der Waals surface area (Å²) < 4.78 is 11.1. The highest BCUT2D eigenvalue weighted by Gasteiger charge is 2.61. The molecule has 1 N–H and O–H groups in total. The molecule has 0 radical (unpaired) electrons. The summed E-state index contributed by atoms with van der Waals surface area (Å²) in [4.78, 5) is 12.1. The molecule has 122 valence electrons. The average Bonchev–Trinajstić information content (AvgIpc) is 3.23. The number of thiocarbonyl (C=S) groups is 1. The molecular weight excluding hydrogens is 300 g/mol. The van der Waals surface area contributed by atoms with Gasteiger partial charge in [0.05, 0.1) is 17.6 Å². The van der Waals surface area contributed by atoms with E-state index in [2.05, 4.69) is 0 Å². The van der Waals surface area contributed by atoms with E-state index >= 15 is 0 Å². The van der Waals surface area contributed by atoms with Crippen LogP contribution in [0.4, 0.5) is 0 Å². The minimum absolute atomic E-state index is 0.0966. The number of unbranched alkanes of at least 4 members (excludes halogenated alkanes) is 3. The van der Waals surface area contributed by atoms with Crippen molar-refractivity contribution in [2.24, 2.45) is 0 Å². The molecule has 0 saturated carbocycles. The van der Waals surface area contributed by atoms with Crippen molar-refractivity contribution in [1.29, 1.82) is 0 Å². The second-order valence-electron chi connectivity index (χ2n) is 5.81. The Kier molecular flexibility index (Phi) is 6.15. The SMILES string of the molecule is CCC1OC1(CCCCCCOC1=CC=CCC1=S)C(=O)O. The molecule has 1 saturated heterocycles. The molecule has 1 fully saturated rings. The van der Waals surface area contributed by atoms with E-state index < -0.39 is 11.6 Å². The second kappa shape index (κ2) is 7.88. The Morgan fingerprint density at radius 3 is 2.86 bits per heavy atom. The van der Waals surface area contributed by atoms with Gasteiger partial charge in [-0.25, -0.2) is 4.79 Å². The zero-order valence-electron chi connectivity index (χ0n) is 13.0. The molecule has 1 aliphatic carbocycles. The van der Waals surface area contributed by atoms with Gasteiger partial charge in [-0.1, -0.05) is 44.1 Å². The fourth-order valence-electron chi connectivity index (χ4n) is 2.83. The zero-order chi connectivity index (χ0) is 16.0. The van der Waals surface area contributed by atoms with Gasteiger partial charge in [0.2, 0.25) is 0 Å². The van der Waals surface area contributed by atoms with Crippen LogP contribution >= 0.6 is 12.2 Å². The van der Waals surface area contributed by atoms with E-state index in [0.717, 1.165) is 49.1 Å². The van der Waals surface area contributed by atoms with Crippen LogP contribution in [0.3, 0.4) is 0 Å². The van der Waals surface area contributed by atoms with Crippen LogP contribution in [0.2, 0.25) is 0 Å². The first kappa shape index (κ1) is 17.2. The molecule has 0 amide bonds. The van der Waals surface area contributed by atoms with Gasteiger partial charge in [-0.15, -0.1) is 0 Å². The lowest BCUT2D eigenvalue weighted by molar-refractivity contribution is -0.143. The van der Waals surface area contributed by atoms with Crippen molar-refractivity contribution in [2.75, 3.05) is 6.61 Å². The summed E-state index contributed by atoms with van der Waals surface area (Å²) in [5, 5.41) is 9.25. The number of ether oxygens (including phenoxy) is 2. The van der Waals surface area contributed by atoms with Crippen molar-refractivity contribution in [1.82, 2.24) is 0 Å². The lowest BCUT2D eigenvalue weighted by Crippen LogP contribution is -2.26. The van der Waals surface area contributed by atoms with Gasteiger partial charge in [0.1, 0.15) is 5.76 Å². The number of aliphatic carboxylic acids is 1. The van der Waals surface area contributed by atoms with Crippen LogP contribution in [0.25, 0.3) is 0 Å². The number of carboxylic acid groups (broad SMARTS) is 1. The summed E-state index contributed by atoms with van der Waals surface area (Å²) in [6.45, 7) is 2.63. The fraction of sp³-hybridized carbons (Fsp3) is 0.647. The molecule has 2 rings (SSSR count). The van der Waals surface area contributed by atoms with Gasteiger partial charge in [0, 0.05) is 6.42 Å². The quantitative estimate of drug-likeness (QED) is 0.376. The van der Waals surface area contributed by atoms with Crippen LogP contribution < -0.4 is 0 Å². The van der Waals surface area contributed by atoms with Gasteiger partial charge in [0.25, 0.3) is 0 Å². The standard InChI is InChI=1S/C17H24O4S/c1-2-15-17(21-15,16(18)19)11-7-3-4-8-12-20-13-9-5-6-10-14(13)22/h5-6,9,15H,2-4,7-8,10-12H2,1H3,(H,18,19). The zero-order valence-corrected chi connectivity index (χ0v) is 13.9. The first-order valence-electron chi connectivity index (χ1n) is 8.04. The van der Waals surface area contributed by atoms with Gasteiger partial charge in [-0.05, 0) is 31.8 Å². The number of epoxide rings is 1. The largest absolute Gasteiger partial charge is 0.492 e. The average molecular weight is 324 g/mol. The van der Waals surface area contributed by atoms with Crippen molar-refractivity contribution in [2.45, 2.75) is 63.6 Å². The molecule has 2 unspecified atom stereocenters. The molecule has 0 aromatic carbocycles. The van der Waals surface area contributed by atoms with E-state index in [1.165, 1.54) is 0 Å². The van der Waals surface area contributed by atoms with Gasteiger partial charge in [0.15, 0.2) is 5.60 Å². The van der Waals surface area contributed by atoms with Crippen LogP contribution in [0.1, 0.15) is 51.9 Å². The summed E-state index contributed by atoms with van der Waals surface area (Å²) in [6, 6.07) is 0. The Labute approximate surface area is 137 Å². The Hall–Kier alpha value is -1.20. The van der Waals surface area contributed by atoms with E-state index in [1.807, 2.05) is 25.2 Å². The topological polar surface area (TPSA) is 59.1 Å². The molecule has 0 aromatic rings.